The third-order valence-electron chi connectivity index (χ3n) is 2.90. The summed E-state index contributed by atoms with van der Waals surface area (Å²) in [6.45, 7) is 9.15. The summed E-state index contributed by atoms with van der Waals surface area (Å²) in [6.07, 6.45) is 0. The van der Waals surface area contributed by atoms with Crippen molar-refractivity contribution in [1.82, 2.24) is 10.2 Å². The van der Waals surface area contributed by atoms with Crippen molar-refractivity contribution in [2.24, 2.45) is 0 Å². The standard InChI is InChI=1S/C13H28N2O4/c1-14-2-3-15-4-6-16-8-10-18-12-13-19-11-9-17-7-5-15/h14H,2-13H2,1H3. The Balaban J connectivity index is 2.21. The van der Waals surface area contributed by atoms with Crippen LogP contribution in [0.5, 0.6) is 0 Å². The van der Waals surface area contributed by atoms with Crippen molar-refractivity contribution >= 4 is 0 Å². The molecular weight excluding hydrogens is 248 g/mol. The van der Waals surface area contributed by atoms with E-state index in [1.165, 1.54) is 0 Å². The van der Waals surface area contributed by atoms with Crippen LogP contribution in [0, 0.1) is 0 Å². The number of nitrogens with one attached hydrogen (secondary N) is 1. The molecule has 1 aliphatic rings. The van der Waals surface area contributed by atoms with Crippen LogP contribution < -0.4 is 5.32 Å². The Morgan fingerprint density at radius 3 is 1.58 bits per heavy atom. The number of nitrogens with zero attached hydrogens (tertiary/aromatic N) is 1. The smallest absolute Gasteiger partial charge is 0.0701 e. The average Bonchev–Trinajstić information content (AvgIpc) is 2.44. The van der Waals surface area contributed by atoms with Crippen molar-refractivity contribution in [2.75, 3.05) is 86.1 Å². The maximum atomic E-state index is 5.55. The molecule has 1 N–H and O–H groups in total. The molecule has 1 heterocycles. The minimum Gasteiger partial charge on any atom is -0.378 e. The fourth-order valence-corrected chi connectivity index (χ4v) is 1.75. The average molecular weight is 276 g/mol. The summed E-state index contributed by atoms with van der Waals surface area (Å²) in [7, 11) is 1.97. The monoisotopic (exact) mass is 276 g/mol. The molecule has 0 aromatic heterocycles. The first-order valence-corrected chi connectivity index (χ1v) is 7.11. The van der Waals surface area contributed by atoms with E-state index in [0.29, 0.717) is 39.6 Å². The topological polar surface area (TPSA) is 52.2 Å². The third kappa shape index (κ3) is 10.2. The maximum Gasteiger partial charge on any atom is 0.0701 e. The van der Waals surface area contributed by atoms with Crippen molar-refractivity contribution in [2.45, 2.75) is 0 Å². The molecule has 0 amide bonds. The van der Waals surface area contributed by atoms with Crippen molar-refractivity contribution in [3.63, 3.8) is 0 Å². The van der Waals surface area contributed by atoms with E-state index < -0.39 is 0 Å². The van der Waals surface area contributed by atoms with Crippen LogP contribution in [0.25, 0.3) is 0 Å². The largest absolute Gasteiger partial charge is 0.378 e. The Morgan fingerprint density at radius 2 is 1.16 bits per heavy atom. The molecule has 1 saturated heterocycles. The van der Waals surface area contributed by atoms with Crippen LogP contribution in [0.15, 0.2) is 0 Å². The van der Waals surface area contributed by atoms with Gasteiger partial charge in [0.2, 0.25) is 0 Å². The van der Waals surface area contributed by atoms with Crippen LogP contribution in [-0.4, -0.2) is 91.0 Å². The molecule has 0 saturated carbocycles. The van der Waals surface area contributed by atoms with Gasteiger partial charge in [-0.15, -0.1) is 0 Å². The lowest BCUT2D eigenvalue weighted by Crippen LogP contribution is -2.36. The molecular formula is C13H28N2O4. The highest BCUT2D eigenvalue weighted by molar-refractivity contribution is 4.58. The normalized spacial score (nSPS) is 22.6. The Hall–Kier alpha value is -0.240. The fourth-order valence-electron chi connectivity index (χ4n) is 1.75. The van der Waals surface area contributed by atoms with Crippen molar-refractivity contribution in [1.29, 1.82) is 0 Å². The second-order valence-corrected chi connectivity index (χ2v) is 4.39. The molecule has 0 aliphatic carbocycles. The van der Waals surface area contributed by atoms with E-state index in [1.54, 1.807) is 0 Å². The molecule has 6 nitrogen and oxygen atoms in total. The van der Waals surface area contributed by atoms with E-state index in [2.05, 4.69) is 10.2 Å². The first kappa shape index (κ1) is 16.8. The summed E-state index contributed by atoms with van der Waals surface area (Å²) in [5, 5.41) is 3.16. The number of hydrogen-bond acceptors (Lipinski definition) is 6. The zero-order chi connectivity index (χ0) is 13.6. The van der Waals surface area contributed by atoms with Crippen molar-refractivity contribution in [3.8, 4) is 0 Å². The Bertz CT molecular complexity index is 179. The van der Waals surface area contributed by atoms with Crippen LogP contribution in [0.4, 0.5) is 0 Å². The van der Waals surface area contributed by atoms with E-state index in [9.17, 15) is 0 Å². The van der Waals surface area contributed by atoms with Crippen LogP contribution in [-0.2, 0) is 18.9 Å². The minimum absolute atomic E-state index is 0.623. The fraction of sp³-hybridized carbons (Fsp3) is 1.00. The van der Waals surface area contributed by atoms with Gasteiger partial charge in [0.05, 0.1) is 52.9 Å². The second kappa shape index (κ2) is 12.8. The predicted octanol–water partition coefficient (Wildman–Crippen LogP) is -0.412. The van der Waals surface area contributed by atoms with E-state index >= 15 is 0 Å². The number of ether oxygens (including phenoxy) is 4. The summed E-state index contributed by atoms with van der Waals surface area (Å²) >= 11 is 0. The van der Waals surface area contributed by atoms with Crippen LogP contribution >= 0.6 is 0 Å². The molecule has 0 aromatic carbocycles. The van der Waals surface area contributed by atoms with Gasteiger partial charge in [-0.25, -0.2) is 0 Å². The van der Waals surface area contributed by atoms with Gasteiger partial charge in [-0.2, -0.15) is 0 Å². The van der Waals surface area contributed by atoms with Gasteiger partial charge in [0.1, 0.15) is 0 Å². The van der Waals surface area contributed by atoms with Gasteiger partial charge in [0.25, 0.3) is 0 Å². The van der Waals surface area contributed by atoms with Gasteiger partial charge in [0.15, 0.2) is 0 Å². The van der Waals surface area contributed by atoms with E-state index in [1.807, 2.05) is 7.05 Å². The molecule has 1 rings (SSSR count). The molecule has 114 valence electrons. The van der Waals surface area contributed by atoms with Crippen LogP contribution in [0.3, 0.4) is 0 Å². The molecule has 0 aromatic rings. The summed E-state index contributed by atoms with van der Waals surface area (Å²) in [5.41, 5.74) is 0. The van der Waals surface area contributed by atoms with Gasteiger partial charge in [-0.05, 0) is 7.05 Å². The zero-order valence-electron chi connectivity index (χ0n) is 12.1. The van der Waals surface area contributed by atoms with E-state index in [-0.39, 0.29) is 0 Å². The van der Waals surface area contributed by atoms with Crippen molar-refractivity contribution in [3.05, 3.63) is 0 Å². The Labute approximate surface area is 116 Å². The number of rotatable bonds is 3. The minimum atomic E-state index is 0.623. The quantitative estimate of drug-likeness (QED) is 0.756. The molecule has 0 unspecified atom stereocenters. The molecule has 0 bridgehead atoms. The SMILES string of the molecule is CNCCN1CCOCCOCCOCCOCC1. The van der Waals surface area contributed by atoms with Crippen LogP contribution in [0.2, 0.25) is 0 Å². The molecule has 0 atom stereocenters. The van der Waals surface area contributed by atoms with E-state index in [0.717, 1.165) is 39.4 Å². The zero-order valence-corrected chi connectivity index (χ0v) is 12.1. The molecule has 0 spiro atoms. The first-order chi connectivity index (χ1) is 9.43. The third-order valence-corrected chi connectivity index (χ3v) is 2.90. The number of hydrogen-bond donors (Lipinski definition) is 1. The number of likely N-dealkylation sites (N-methyl/N-ethyl adjacent to an activating group) is 1. The summed E-state index contributed by atoms with van der Waals surface area (Å²) in [4.78, 5) is 2.35. The maximum absolute atomic E-state index is 5.55. The predicted molar refractivity (Wildman–Crippen MR) is 73.6 cm³/mol. The van der Waals surface area contributed by atoms with Gasteiger partial charge in [0, 0.05) is 26.2 Å². The lowest BCUT2D eigenvalue weighted by atomic mass is 10.4. The molecule has 19 heavy (non-hydrogen) atoms. The lowest BCUT2D eigenvalue weighted by molar-refractivity contribution is 0.00206. The first-order valence-electron chi connectivity index (χ1n) is 7.11. The second-order valence-electron chi connectivity index (χ2n) is 4.39. The molecule has 1 aliphatic heterocycles. The van der Waals surface area contributed by atoms with Crippen molar-refractivity contribution < 1.29 is 18.9 Å². The summed E-state index contributed by atoms with van der Waals surface area (Å²) in [6, 6.07) is 0. The highest BCUT2D eigenvalue weighted by atomic mass is 16.6. The van der Waals surface area contributed by atoms with Gasteiger partial charge in [-0.1, -0.05) is 0 Å². The highest BCUT2D eigenvalue weighted by Gasteiger charge is 2.04. The summed E-state index contributed by atoms with van der Waals surface area (Å²) in [5.74, 6) is 0. The van der Waals surface area contributed by atoms with Gasteiger partial charge < -0.3 is 24.3 Å². The Morgan fingerprint density at radius 1 is 0.737 bits per heavy atom. The molecule has 6 heteroatoms. The van der Waals surface area contributed by atoms with Gasteiger partial charge >= 0.3 is 0 Å². The molecule has 0 radical (unpaired) electrons. The van der Waals surface area contributed by atoms with Crippen LogP contribution in [0.1, 0.15) is 0 Å². The lowest BCUT2D eigenvalue weighted by Gasteiger charge is -2.22. The molecule has 1 fully saturated rings. The van der Waals surface area contributed by atoms with Gasteiger partial charge in [-0.3, -0.25) is 4.90 Å². The summed E-state index contributed by atoms with van der Waals surface area (Å²) < 4.78 is 21.9. The highest BCUT2D eigenvalue weighted by Crippen LogP contribution is 1.91. The Kier molecular flexibility index (Phi) is 11.3. The van der Waals surface area contributed by atoms with E-state index in [4.69, 9.17) is 18.9 Å².